The Bertz CT molecular complexity index is 565. The summed E-state index contributed by atoms with van der Waals surface area (Å²) in [5.41, 5.74) is 0. The lowest BCUT2D eigenvalue weighted by Gasteiger charge is -2.14. The Labute approximate surface area is 140 Å². The first kappa shape index (κ1) is 19.7. The van der Waals surface area contributed by atoms with Gasteiger partial charge in [0.15, 0.2) is 17.5 Å². The number of likely N-dealkylation sites (N-methyl/N-ethyl adjacent to an activating group) is 1. The quantitative estimate of drug-likeness (QED) is 0.426. The first-order valence-corrected chi connectivity index (χ1v) is 7.74. The minimum atomic E-state index is -0.746. The van der Waals surface area contributed by atoms with Crippen LogP contribution in [0.2, 0.25) is 0 Å². The second-order valence-electron chi connectivity index (χ2n) is 5.23. The summed E-state index contributed by atoms with van der Waals surface area (Å²) in [7, 11) is 3.32. The van der Waals surface area contributed by atoms with Gasteiger partial charge in [0.05, 0.1) is 6.54 Å². The van der Waals surface area contributed by atoms with Crippen molar-refractivity contribution in [3.05, 3.63) is 29.8 Å². The third-order valence-electron chi connectivity index (χ3n) is 2.96. The molecule has 24 heavy (non-hydrogen) atoms. The minimum absolute atomic E-state index is 0.0130. The maximum atomic E-state index is 13.4. The molecular formula is C16H24F2N4O2. The molecule has 1 aromatic carbocycles. The number of rotatable bonds is 8. The number of aliphatic imine (C=N–C) groups is 1. The highest BCUT2D eigenvalue weighted by atomic mass is 19.1. The van der Waals surface area contributed by atoms with Crippen molar-refractivity contribution >= 4 is 11.9 Å². The van der Waals surface area contributed by atoms with E-state index in [1.54, 1.807) is 14.1 Å². The molecule has 0 radical (unpaired) electrons. The predicted octanol–water partition coefficient (Wildman–Crippen LogP) is 1.38. The van der Waals surface area contributed by atoms with Crippen LogP contribution in [0.25, 0.3) is 0 Å². The van der Waals surface area contributed by atoms with E-state index < -0.39 is 11.6 Å². The number of amides is 1. The summed E-state index contributed by atoms with van der Waals surface area (Å²) in [5.74, 6) is -1.04. The molecule has 8 heteroatoms. The van der Waals surface area contributed by atoms with Gasteiger partial charge in [-0.1, -0.05) is 6.92 Å². The summed E-state index contributed by atoms with van der Waals surface area (Å²) < 4.78 is 31.5. The number of nitrogens with one attached hydrogen (secondary N) is 2. The maximum absolute atomic E-state index is 13.4. The number of carbonyl (C=O) groups is 1. The van der Waals surface area contributed by atoms with Crippen LogP contribution in [0.1, 0.15) is 13.3 Å². The number of ether oxygens (including phenoxy) is 1. The van der Waals surface area contributed by atoms with Gasteiger partial charge in [-0.3, -0.25) is 4.79 Å². The molecular weight excluding hydrogens is 318 g/mol. The van der Waals surface area contributed by atoms with Gasteiger partial charge in [-0.2, -0.15) is 0 Å². The molecule has 0 aliphatic carbocycles. The van der Waals surface area contributed by atoms with Crippen LogP contribution < -0.4 is 15.4 Å². The molecule has 0 aliphatic rings. The van der Waals surface area contributed by atoms with E-state index in [0.717, 1.165) is 18.6 Å². The lowest BCUT2D eigenvalue weighted by Crippen LogP contribution is -2.40. The van der Waals surface area contributed by atoms with Crippen LogP contribution in [0.4, 0.5) is 8.78 Å². The first-order chi connectivity index (χ1) is 11.4. The van der Waals surface area contributed by atoms with Gasteiger partial charge in [0, 0.05) is 26.7 Å². The van der Waals surface area contributed by atoms with Crippen LogP contribution in [-0.4, -0.2) is 57.1 Å². The summed E-state index contributed by atoms with van der Waals surface area (Å²) in [4.78, 5) is 17.2. The Morgan fingerprint density at radius 3 is 2.58 bits per heavy atom. The average Bonchev–Trinajstić information content (AvgIpc) is 2.54. The Morgan fingerprint density at radius 2 is 1.96 bits per heavy atom. The lowest BCUT2D eigenvalue weighted by atomic mass is 10.3. The van der Waals surface area contributed by atoms with Gasteiger partial charge in [0.25, 0.3) is 0 Å². The normalized spacial score (nSPS) is 11.1. The number of guanidine groups is 1. The molecule has 0 unspecified atom stereocenters. The number of nitrogens with zero attached hydrogens (tertiary/aromatic N) is 2. The van der Waals surface area contributed by atoms with Crippen molar-refractivity contribution in [2.75, 3.05) is 40.3 Å². The highest BCUT2D eigenvalue weighted by Gasteiger charge is 2.06. The molecule has 0 aromatic heterocycles. The fraction of sp³-hybridized carbons (Fsp3) is 0.500. The van der Waals surface area contributed by atoms with Crippen molar-refractivity contribution in [3.8, 4) is 5.75 Å². The maximum Gasteiger partial charge on any atom is 0.243 e. The average molecular weight is 342 g/mol. The number of halogens is 2. The third kappa shape index (κ3) is 7.26. The summed E-state index contributed by atoms with van der Waals surface area (Å²) in [6, 6.07) is 3.14. The molecule has 0 fully saturated rings. The second-order valence-corrected chi connectivity index (χ2v) is 5.23. The molecule has 0 saturated carbocycles. The van der Waals surface area contributed by atoms with Gasteiger partial charge in [-0.15, -0.1) is 0 Å². The van der Waals surface area contributed by atoms with Crippen LogP contribution in [0.5, 0.6) is 5.75 Å². The highest BCUT2D eigenvalue weighted by Crippen LogP contribution is 2.17. The zero-order valence-electron chi connectivity index (χ0n) is 14.2. The lowest BCUT2D eigenvalue weighted by molar-refractivity contribution is -0.127. The molecule has 1 aromatic rings. The Hall–Kier alpha value is -2.38. The fourth-order valence-electron chi connectivity index (χ4n) is 1.63. The van der Waals surface area contributed by atoms with Crippen molar-refractivity contribution < 1.29 is 18.3 Å². The molecule has 134 valence electrons. The molecule has 2 N–H and O–H groups in total. The van der Waals surface area contributed by atoms with E-state index >= 15 is 0 Å². The molecule has 1 rings (SSSR count). The monoisotopic (exact) mass is 342 g/mol. The summed E-state index contributed by atoms with van der Waals surface area (Å²) in [6.45, 7) is 3.25. The van der Waals surface area contributed by atoms with Crippen LogP contribution >= 0.6 is 0 Å². The van der Waals surface area contributed by atoms with Gasteiger partial charge in [0.2, 0.25) is 5.91 Å². The van der Waals surface area contributed by atoms with Crippen molar-refractivity contribution in [3.63, 3.8) is 0 Å². The van der Waals surface area contributed by atoms with E-state index in [-0.39, 0.29) is 24.8 Å². The van der Waals surface area contributed by atoms with Gasteiger partial charge < -0.3 is 20.3 Å². The SMILES string of the molecule is CCCNC(=NCC(=O)N(C)C)NCCOc1ccc(F)cc1F. The minimum Gasteiger partial charge on any atom is -0.489 e. The predicted molar refractivity (Wildman–Crippen MR) is 89.1 cm³/mol. The summed E-state index contributed by atoms with van der Waals surface area (Å²) in [6.07, 6.45) is 0.902. The standard InChI is InChI=1S/C16H24F2N4O2/c1-4-7-19-16(21-11-15(23)22(2)3)20-8-9-24-14-6-5-12(17)10-13(14)18/h5-6,10H,4,7-9,11H2,1-3H3,(H2,19,20,21). The Balaban J connectivity index is 2.46. The number of carbonyl (C=O) groups excluding carboxylic acids is 1. The fourth-order valence-corrected chi connectivity index (χ4v) is 1.63. The van der Waals surface area contributed by atoms with E-state index in [0.29, 0.717) is 19.0 Å². The van der Waals surface area contributed by atoms with Crippen molar-refractivity contribution in [1.82, 2.24) is 15.5 Å². The third-order valence-corrected chi connectivity index (χ3v) is 2.96. The molecule has 6 nitrogen and oxygen atoms in total. The van der Waals surface area contributed by atoms with Crippen molar-refractivity contribution in [1.29, 1.82) is 0 Å². The molecule has 1 amide bonds. The number of hydrogen-bond donors (Lipinski definition) is 2. The van der Waals surface area contributed by atoms with Crippen molar-refractivity contribution in [2.45, 2.75) is 13.3 Å². The Morgan fingerprint density at radius 1 is 1.25 bits per heavy atom. The van der Waals surface area contributed by atoms with Crippen LogP contribution in [0, 0.1) is 11.6 Å². The molecule has 0 bridgehead atoms. The summed E-state index contributed by atoms with van der Waals surface area (Å²) in [5, 5.41) is 6.07. The number of hydrogen-bond acceptors (Lipinski definition) is 3. The van der Waals surface area contributed by atoms with Gasteiger partial charge in [-0.25, -0.2) is 13.8 Å². The van der Waals surface area contributed by atoms with E-state index in [9.17, 15) is 13.6 Å². The van der Waals surface area contributed by atoms with Gasteiger partial charge in [-0.05, 0) is 18.6 Å². The van der Waals surface area contributed by atoms with E-state index in [4.69, 9.17) is 4.74 Å². The van der Waals surface area contributed by atoms with Gasteiger partial charge >= 0.3 is 0 Å². The second kappa shape index (κ2) is 10.4. The van der Waals surface area contributed by atoms with E-state index in [1.165, 1.54) is 11.0 Å². The van der Waals surface area contributed by atoms with Crippen LogP contribution in [0.3, 0.4) is 0 Å². The topological polar surface area (TPSA) is 66.0 Å². The molecule has 0 spiro atoms. The molecule has 0 atom stereocenters. The number of benzene rings is 1. The molecule has 0 aliphatic heterocycles. The zero-order chi connectivity index (χ0) is 17.9. The molecule has 0 heterocycles. The van der Waals surface area contributed by atoms with Gasteiger partial charge in [0.1, 0.15) is 19.0 Å². The van der Waals surface area contributed by atoms with E-state index in [1.807, 2.05) is 6.92 Å². The summed E-state index contributed by atoms with van der Waals surface area (Å²) >= 11 is 0. The van der Waals surface area contributed by atoms with Crippen molar-refractivity contribution in [2.24, 2.45) is 4.99 Å². The smallest absolute Gasteiger partial charge is 0.243 e. The van der Waals surface area contributed by atoms with Crippen LogP contribution in [-0.2, 0) is 4.79 Å². The molecule has 0 saturated heterocycles. The largest absolute Gasteiger partial charge is 0.489 e. The Kier molecular flexibility index (Phi) is 8.53. The first-order valence-electron chi connectivity index (χ1n) is 7.74. The highest BCUT2D eigenvalue weighted by molar-refractivity contribution is 5.84. The van der Waals surface area contributed by atoms with E-state index in [2.05, 4.69) is 15.6 Å². The van der Waals surface area contributed by atoms with Crippen LogP contribution in [0.15, 0.2) is 23.2 Å². The zero-order valence-corrected chi connectivity index (χ0v) is 14.2.